The van der Waals surface area contributed by atoms with Crippen molar-refractivity contribution < 1.29 is 24.0 Å². The average Bonchev–Trinajstić information content (AvgIpc) is 3.26. The molecule has 0 unspecified atom stereocenters. The number of hydrogen-bond donors (Lipinski definition) is 0. The maximum atomic E-state index is 13.4. The third kappa shape index (κ3) is 3.36. The number of carbonyl (C=O) groups excluding carboxylic acids is 3. The summed E-state index contributed by atoms with van der Waals surface area (Å²) in [6.45, 7) is 1.67. The third-order valence-corrected chi connectivity index (χ3v) is 5.47. The molecule has 31 heavy (non-hydrogen) atoms. The number of fused-ring (bicyclic) bond motifs is 1. The summed E-state index contributed by atoms with van der Waals surface area (Å²) >= 11 is 3.33. The smallest absolute Gasteiger partial charge is 0.355 e. The highest BCUT2D eigenvalue weighted by Gasteiger charge is 2.59. The van der Waals surface area contributed by atoms with Gasteiger partial charge in [0, 0.05) is 10.5 Å². The lowest BCUT2D eigenvalue weighted by Crippen LogP contribution is -2.39. The van der Waals surface area contributed by atoms with E-state index >= 15 is 0 Å². The number of benzene rings is 2. The number of esters is 1. The quantitative estimate of drug-likeness (QED) is 0.275. The number of nitro groups is 1. The van der Waals surface area contributed by atoms with Gasteiger partial charge in [0.2, 0.25) is 5.91 Å². The molecule has 0 saturated carbocycles. The van der Waals surface area contributed by atoms with Crippen molar-refractivity contribution in [3.63, 3.8) is 0 Å². The number of carbonyl (C=O) groups is 3. The minimum Gasteiger partial charge on any atom is -0.461 e. The Labute approximate surface area is 184 Å². The molecule has 0 bridgehead atoms. The molecule has 11 heteroatoms. The predicted octanol–water partition coefficient (Wildman–Crippen LogP) is 2.65. The van der Waals surface area contributed by atoms with Crippen LogP contribution in [0.25, 0.3) is 0 Å². The SMILES string of the molecule is CCOC(=O)C1=NN(c2ccc(Br)cc2)[C@H]2C(=O)N(c3ccccc3[N+](=O)[O-])C(=O)[C@@H]12. The number of ether oxygens (including phenoxy) is 1. The van der Waals surface area contributed by atoms with Gasteiger partial charge in [-0.05, 0) is 37.3 Å². The molecule has 1 saturated heterocycles. The first-order valence-corrected chi connectivity index (χ1v) is 10.1. The van der Waals surface area contributed by atoms with E-state index in [-0.39, 0.29) is 18.0 Å². The summed E-state index contributed by atoms with van der Waals surface area (Å²) in [7, 11) is 0. The van der Waals surface area contributed by atoms with Crippen molar-refractivity contribution in [3.8, 4) is 0 Å². The minimum absolute atomic E-state index is 0.0591. The summed E-state index contributed by atoms with van der Waals surface area (Å²) in [5.41, 5.74) is -0.290. The van der Waals surface area contributed by atoms with Gasteiger partial charge in [-0.25, -0.2) is 9.69 Å². The fraction of sp³-hybridized carbons (Fsp3) is 0.200. The Morgan fingerprint density at radius 2 is 1.84 bits per heavy atom. The van der Waals surface area contributed by atoms with Gasteiger partial charge in [0.15, 0.2) is 5.71 Å². The van der Waals surface area contributed by atoms with Crippen molar-refractivity contribution in [2.45, 2.75) is 13.0 Å². The molecular weight excluding hydrogens is 472 g/mol. The number of anilines is 2. The Balaban J connectivity index is 1.82. The molecule has 2 aromatic carbocycles. The monoisotopic (exact) mass is 486 g/mol. The molecule has 158 valence electrons. The van der Waals surface area contributed by atoms with Gasteiger partial charge in [-0.15, -0.1) is 0 Å². The first-order chi connectivity index (χ1) is 14.8. The zero-order valence-corrected chi connectivity index (χ0v) is 17.7. The number of hydrazone groups is 1. The second-order valence-corrected chi connectivity index (χ2v) is 7.62. The van der Waals surface area contributed by atoms with Crippen LogP contribution in [0.2, 0.25) is 0 Å². The second kappa shape index (κ2) is 7.91. The lowest BCUT2D eigenvalue weighted by atomic mass is 9.98. The van der Waals surface area contributed by atoms with Crippen molar-refractivity contribution in [2.24, 2.45) is 11.0 Å². The Kier molecular flexibility index (Phi) is 5.27. The average molecular weight is 487 g/mol. The summed E-state index contributed by atoms with van der Waals surface area (Å²) in [5.74, 6) is -3.54. The van der Waals surface area contributed by atoms with E-state index in [4.69, 9.17) is 4.74 Å². The van der Waals surface area contributed by atoms with Crippen molar-refractivity contribution >= 4 is 56.5 Å². The van der Waals surface area contributed by atoms with E-state index in [1.807, 2.05) is 0 Å². The second-order valence-electron chi connectivity index (χ2n) is 6.71. The number of hydrogen-bond acceptors (Lipinski definition) is 8. The zero-order valence-electron chi connectivity index (χ0n) is 16.1. The van der Waals surface area contributed by atoms with Gasteiger partial charge in [0.05, 0.1) is 17.2 Å². The summed E-state index contributed by atoms with van der Waals surface area (Å²) < 4.78 is 5.82. The van der Waals surface area contributed by atoms with Crippen molar-refractivity contribution in [1.29, 1.82) is 0 Å². The lowest BCUT2D eigenvalue weighted by Gasteiger charge is -2.22. The van der Waals surface area contributed by atoms with Crippen LogP contribution in [-0.4, -0.2) is 41.1 Å². The van der Waals surface area contributed by atoms with Gasteiger partial charge >= 0.3 is 5.97 Å². The first-order valence-electron chi connectivity index (χ1n) is 9.26. The molecule has 0 aromatic heterocycles. The molecule has 2 atom stereocenters. The van der Waals surface area contributed by atoms with Crippen LogP contribution in [0, 0.1) is 16.0 Å². The van der Waals surface area contributed by atoms with E-state index in [0.29, 0.717) is 5.69 Å². The van der Waals surface area contributed by atoms with Crippen molar-refractivity contribution in [3.05, 3.63) is 63.1 Å². The van der Waals surface area contributed by atoms with Gasteiger partial charge in [0.1, 0.15) is 17.6 Å². The van der Waals surface area contributed by atoms with Crippen LogP contribution in [-0.2, 0) is 19.1 Å². The van der Waals surface area contributed by atoms with Crippen LogP contribution in [0.15, 0.2) is 58.1 Å². The van der Waals surface area contributed by atoms with Gasteiger partial charge in [-0.1, -0.05) is 28.1 Å². The van der Waals surface area contributed by atoms with Crippen molar-refractivity contribution in [1.82, 2.24) is 0 Å². The van der Waals surface area contributed by atoms with E-state index in [1.165, 1.54) is 29.3 Å². The van der Waals surface area contributed by atoms with E-state index < -0.39 is 40.4 Å². The number of nitrogens with zero attached hydrogens (tertiary/aromatic N) is 4. The third-order valence-electron chi connectivity index (χ3n) is 4.94. The normalized spacial score (nSPS) is 20.0. The van der Waals surface area contributed by atoms with E-state index in [1.54, 1.807) is 31.2 Å². The molecule has 1 fully saturated rings. The molecule has 0 radical (unpaired) electrons. The molecule has 10 nitrogen and oxygen atoms in total. The maximum Gasteiger partial charge on any atom is 0.355 e. The number of imide groups is 1. The number of amides is 2. The molecule has 2 heterocycles. The van der Waals surface area contributed by atoms with Crippen molar-refractivity contribution in [2.75, 3.05) is 16.5 Å². The van der Waals surface area contributed by atoms with E-state index in [2.05, 4.69) is 21.0 Å². The van der Waals surface area contributed by atoms with Crippen LogP contribution in [0.5, 0.6) is 0 Å². The Hall–Kier alpha value is -3.60. The number of rotatable bonds is 5. The van der Waals surface area contributed by atoms with Gasteiger partial charge < -0.3 is 4.74 Å². The summed E-state index contributed by atoms with van der Waals surface area (Å²) in [6, 6.07) is 11.1. The van der Waals surface area contributed by atoms with Crippen LogP contribution in [0.1, 0.15) is 6.92 Å². The fourth-order valence-corrected chi connectivity index (χ4v) is 3.90. The van der Waals surface area contributed by atoms with Crippen LogP contribution >= 0.6 is 15.9 Å². The number of halogens is 1. The van der Waals surface area contributed by atoms with Gasteiger partial charge in [-0.3, -0.25) is 24.7 Å². The highest BCUT2D eigenvalue weighted by atomic mass is 79.9. The minimum atomic E-state index is -1.24. The predicted molar refractivity (Wildman–Crippen MR) is 114 cm³/mol. The highest BCUT2D eigenvalue weighted by molar-refractivity contribution is 9.10. The maximum absolute atomic E-state index is 13.4. The van der Waals surface area contributed by atoms with Gasteiger partial charge in [-0.2, -0.15) is 5.10 Å². The Morgan fingerprint density at radius 3 is 2.48 bits per heavy atom. The van der Waals surface area contributed by atoms with E-state index in [9.17, 15) is 24.5 Å². The Bertz CT molecular complexity index is 1130. The highest BCUT2D eigenvalue weighted by Crippen LogP contribution is 2.40. The summed E-state index contributed by atoms with van der Waals surface area (Å²) in [6.07, 6.45) is 0. The van der Waals surface area contributed by atoms with Crippen LogP contribution in [0.4, 0.5) is 17.1 Å². The number of nitro benzene ring substituents is 1. The fourth-order valence-electron chi connectivity index (χ4n) is 3.64. The summed E-state index contributed by atoms with van der Waals surface area (Å²) in [4.78, 5) is 50.7. The topological polar surface area (TPSA) is 122 Å². The lowest BCUT2D eigenvalue weighted by molar-refractivity contribution is -0.384. The standard InChI is InChI=1S/C20H15BrN4O6/c1-2-31-20(28)16-15-17(24(22-16)12-9-7-11(21)8-10-12)19(27)23(18(15)26)13-5-3-4-6-14(13)25(29)30/h3-10,15,17H,2H2,1H3/t15-,17+/m0/s1. The molecule has 4 rings (SSSR count). The molecule has 2 amide bonds. The molecular formula is C20H15BrN4O6. The van der Waals surface area contributed by atoms with Gasteiger partial charge in [0.25, 0.3) is 11.6 Å². The largest absolute Gasteiger partial charge is 0.461 e. The first kappa shape index (κ1) is 20.7. The van der Waals surface area contributed by atoms with E-state index in [0.717, 1.165) is 9.37 Å². The van der Waals surface area contributed by atoms with Crippen LogP contribution in [0.3, 0.4) is 0 Å². The molecule has 2 aromatic rings. The molecule has 0 spiro atoms. The molecule has 0 aliphatic carbocycles. The number of para-hydroxylation sites is 2. The molecule has 2 aliphatic heterocycles. The molecule has 2 aliphatic rings. The molecule has 0 N–H and O–H groups in total. The van der Waals surface area contributed by atoms with Crippen LogP contribution < -0.4 is 9.91 Å². The zero-order chi connectivity index (χ0) is 22.3. The Morgan fingerprint density at radius 1 is 1.16 bits per heavy atom. The summed E-state index contributed by atoms with van der Waals surface area (Å²) in [5, 5.41) is 17.0.